The number of hydrogen-bond acceptors (Lipinski definition) is 10. The molecule has 38 heavy (non-hydrogen) atoms. The molecule has 2 atom stereocenters. The topological polar surface area (TPSA) is 179 Å². The number of aromatic nitrogens is 1. The number of oxime groups is 1. The van der Waals surface area contributed by atoms with Crippen molar-refractivity contribution < 1.29 is 29.5 Å². The summed E-state index contributed by atoms with van der Waals surface area (Å²) >= 11 is 2.32. The highest BCUT2D eigenvalue weighted by Gasteiger charge is 2.54. The zero-order valence-electron chi connectivity index (χ0n) is 19.7. The molecule has 0 aliphatic carbocycles. The Hall–Kier alpha value is -4.17. The highest BCUT2D eigenvalue weighted by Crippen LogP contribution is 2.41. The van der Waals surface area contributed by atoms with Crippen molar-refractivity contribution in [3.8, 4) is 0 Å². The van der Waals surface area contributed by atoms with E-state index in [2.05, 4.69) is 15.5 Å². The minimum absolute atomic E-state index is 0.0509. The molecule has 2 fully saturated rings. The van der Waals surface area contributed by atoms with Gasteiger partial charge in [0.15, 0.2) is 10.8 Å². The average molecular weight is 555 g/mol. The molecule has 14 heteroatoms. The summed E-state index contributed by atoms with van der Waals surface area (Å²) in [6.07, 6.45) is 2.04. The second kappa shape index (κ2) is 10.3. The third-order valence-electron chi connectivity index (χ3n) is 6.34. The summed E-state index contributed by atoms with van der Waals surface area (Å²) in [7, 11) is 0. The van der Waals surface area contributed by atoms with Crippen LogP contribution in [0.2, 0.25) is 0 Å². The van der Waals surface area contributed by atoms with Crippen LogP contribution in [0.25, 0.3) is 0 Å². The van der Waals surface area contributed by atoms with Gasteiger partial charge in [0.1, 0.15) is 22.8 Å². The molecule has 3 aliphatic rings. The fourth-order valence-electron chi connectivity index (χ4n) is 4.54. The number of carboxylic acids is 1. The third-order valence-corrected chi connectivity index (χ3v) is 8.32. The number of thiazole rings is 1. The first-order valence-corrected chi connectivity index (χ1v) is 13.4. The monoisotopic (exact) mass is 554 g/mol. The van der Waals surface area contributed by atoms with Crippen LogP contribution in [0.15, 0.2) is 63.8 Å². The Morgan fingerprint density at radius 1 is 1.26 bits per heavy atom. The molecule has 2 aromatic rings. The first kappa shape index (κ1) is 25.5. The van der Waals surface area contributed by atoms with E-state index in [9.17, 15) is 29.5 Å². The van der Waals surface area contributed by atoms with Crippen molar-refractivity contribution in [2.24, 2.45) is 5.16 Å². The summed E-state index contributed by atoms with van der Waals surface area (Å²) in [5, 5.41) is 25.6. The summed E-state index contributed by atoms with van der Waals surface area (Å²) in [5.41, 5.74) is 6.83. The largest absolute Gasteiger partial charge is 0.477 e. The number of nitrogen functional groups attached to an aromatic ring is 1. The molecule has 3 amide bonds. The van der Waals surface area contributed by atoms with E-state index >= 15 is 0 Å². The number of carboxylic acid groups (broad SMARTS) is 1. The lowest BCUT2D eigenvalue weighted by Crippen LogP contribution is -2.71. The molecule has 12 nitrogen and oxygen atoms in total. The molecule has 4 heterocycles. The highest BCUT2D eigenvalue weighted by atomic mass is 32.2. The normalized spacial score (nSPS) is 22.5. The van der Waals surface area contributed by atoms with Crippen LogP contribution in [0, 0.1) is 0 Å². The molecule has 0 spiro atoms. The quantitative estimate of drug-likeness (QED) is 0.128. The van der Waals surface area contributed by atoms with Crippen LogP contribution in [0.4, 0.5) is 5.13 Å². The SMILES string of the molecule is Nc1nc(/C(=N/O)C(=O)N[C@@H]2C(=O)N3C(C(=O)O)=C(/C=C4\CCN(Cc5ccccc5)C4=O)CS[C@H]23)cs1. The van der Waals surface area contributed by atoms with Crippen molar-refractivity contribution in [1.29, 1.82) is 0 Å². The molecule has 0 bridgehead atoms. The highest BCUT2D eigenvalue weighted by molar-refractivity contribution is 8.00. The number of nitrogens with zero attached hydrogens (tertiary/aromatic N) is 4. The second-order valence-corrected chi connectivity index (χ2v) is 10.7. The molecule has 5 N–H and O–H groups in total. The van der Waals surface area contributed by atoms with Gasteiger partial charge in [-0.1, -0.05) is 35.5 Å². The molecule has 2 saturated heterocycles. The number of nitrogens with one attached hydrogen (secondary N) is 1. The van der Waals surface area contributed by atoms with Crippen molar-refractivity contribution in [2.45, 2.75) is 24.4 Å². The van der Waals surface area contributed by atoms with Gasteiger partial charge in [-0.15, -0.1) is 23.1 Å². The van der Waals surface area contributed by atoms with Crippen LogP contribution in [0.1, 0.15) is 17.7 Å². The molecule has 0 radical (unpaired) electrons. The van der Waals surface area contributed by atoms with Gasteiger partial charge in [0.05, 0.1) is 0 Å². The lowest BCUT2D eigenvalue weighted by Gasteiger charge is -2.49. The Labute approximate surface area is 224 Å². The van der Waals surface area contributed by atoms with Gasteiger partial charge in [-0.25, -0.2) is 9.78 Å². The van der Waals surface area contributed by atoms with E-state index in [0.29, 0.717) is 30.7 Å². The summed E-state index contributed by atoms with van der Waals surface area (Å²) in [6.45, 7) is 0.971. The van der Waals surface area contributed by atoms with Gasteiger partial charge in [-0.2, -0.15) is 0 Å². The van der Waals surface area contributed by atoms with Crippen molar-refractivity contribution in [3.63, 3.8) is 0 Å². The predicted octanol–water partition coefficient (Wildman–Crippen LogP) is 1.00. The van der Waals surface area contributed by atoms with Crippen molar-refractivity contribution in [2.75, 3.05) is 18.0 Å². The second-order valence-electron chi connectivity index (χ2n) is 8.69. The number of nitrogens with two attached hydrogens (primary N) is 1. The summed E-state index contributed by atoms with van der Waals surface area (Å²) < 4.78 is 0. The van der Waals surface area contributed by atoms with Crippen molar-refractivity contribution in [1.82, 2.24) is 20.1 Å². The van der Waals surface area contributed by atoms with Crippen LogP contribution in [-0.2, 0) is 25.7 Å². The number of carbonyl (C=O) groups is 4. The molecule has 0 saturated carbocycles. The van der Waals surface area contributed by atoms with E-state index < -0.39 is 34.9 Å². The molecule has 1 aromatic heterocycles. The number of aliphatic carboxylic acids is 1. The van der Waals surface area contributed by atoms with Gasteiger partial charge in [0.25, 0.3) is 11.8 Å². The van der Waals surface area contributed by atoms with Crippen LogP contribution in [0.5, 0.6) is 0 Å². The first-order valence-electron chi connectivity index (χ1n) is 11.5. The first-order chi connectivity index (χ1) is 18.3. The summed E-state index contributed by atoms with van der Waals surface area (Å²) in [4.78, 5) is 57.5. The van der Waals surface area contributed by atoms with E-state index in [1.165, 1.54) is 17.1 Å². The van der Waals surface area contributed by atoms with E-state index in [0.717, 1.165) is 21.8 Å². The molecule has 1 aromatic carbocycles. The van der Waals surface area contributed by atoms with Crippen LogP contribution >= 0.6 is 23.1 Å². The van der Waals surface area contributed by atoms with Gasteiger partial charge < -0.3 is 26.3 Å². The molecule has 196 valence electrons. The number of rotatable bonds is 7. The number of fused-ring (bicyclic) bond motifs is 1. The number of carbonyl (C=O) groups excluding carboxylic acids is 3. The Balaban J connectivity index is 1.32. The number of likely N-dealkylation sites (tertiary alicyclic amines) is 1. The maximum absolute atomic E-state index is 13.0. The van der Waals surface area contributed by atoms with Gasteiger partial charge in [0.2, 0.25) is 5.91 Å². The average Bonchev–Trinajstić information content (AvgIpc) is 3.48. The molecule has 0 unspecified atom stereocenters. The number of allylic oxidation sites excluding steroid dienone is 1. The van der Waals surface area contributed by atoms with Gasteiger partial charge in [0, 0.05) is 29.8 Å². The predicted molar refractivity (Wildman–Crippen MR) is 139 cm³/mol. The fourth-order valence-corrected chi connectivity index (χ4v) is 6.39. The summed E-state index contributed by atoms with van der Waals surface area (Å²) in [6, 6.07) is 8.54. The number of amides is 3. The maximum atomic E-state index is 13.0. The standard InChI is InChI=1S/C24H22N6O6S2/c25-24-26-15(11-38-24)16(28-36)19(31)27-17-21(33)30-18(23(34)35)14(10-37-22(17)30)8-13-6-7-29(20(13)32)9-12-4-2-1-3-5-12/h1-5,8,11,17,22,36H,6-7,9-10H2,(H2,25,26)(H,27,31)(H,34,35)/b13-8+,28-16-/t17-,22-/m1/s1. The lowest BCUT2D eigenvalue weighted by atomic mass is 10.0. The summed E-state index contributed by atoms with van der Waals surface area (Å²) in [5.74, 6) is -2.72. The fraction of sp³-hybridized carbons (Fsp3) is 0.250. The number of β-lactam (4-membered cyclic amide) rings is 1. The van der Waals surface area contributed by atoms with E-state index in [4.69, 9.17) is 5.73 Å². The van der Waals surface area contributed by atoms with Gasteiger partial charge in [-0.3, -0.25) is 19.3 Å². The number of benzene rings is 1. The van der Waals surface area contributed by atoms with Crippen molar-refractivity contribution in [3.05, 3.63) is 69.9 Å². The van der Waals surface area contributed by atoms with Gasteiger partial charge >= 0.3 is 5.97 Å². The van der Waals surface area contributed by atoms with Crippen LogP contribution in [-0.4, -0.2) is 78.2 Å². The lowest BCUT2D eigenvalue weighted by molar-refractivity contribution is -0.150. The van der Waals surface area contributed by atoms with E-state index in [1.807, 2.05) is 30.3 Å². The van der Waals surface area contributed by atoms with E-state index in [1.54, 1.807) is 11.0 Å². The number of thioether (sulfide) groups is 1. The molecular weight excluding hydrogens is 532 g/mol. The third kappa shape index (κ3) is 4.63. The Bertz CT molecular complexity index is 1420. The Kier molecular flexibility index (Phi) is 6.91. The maximum Gasteiger partial charge on any atom is 0.352 e. The number of anilines is 1. The molecular formula is C24H22N6O6S2. The van der Waals surface area contributed by atoms with Crippen molar-refractivity contribution >= 4 is 57.6 Å². The minimum Gasteiger partial charge on any atom is -0.477 e. The zero-order valence-corrected chi connectivity index (χ0v) is 21.4. The Morgan fingerprint density at radius 2 is 2.03 bits per heavy atom. The smallest absolute Gasteiger partial charge is 0.352 e. The van der Waals surface area contributed by atoms with Gasteiger partial charge in [-0.05, 0) is 23.6 Å². The van der Waals surface area contributed by atoms with Crippen LogP contribution < -0.4 is 11.1 Å². The molecule has 3 aliphatic heterocycles. The molecule has 5 rings (SSSR count). The van der Waals surface area contributed by atoms with E-state index in [-0.39, 0.29) is 28.2 Å². The minimum atomic E-state index is -1.30. The zero-order chi connectivity index (χ0) is 27.0. The number of hydrogen-bond donors (Lipinski definition) is 4. The van der Waals surface area contributed by atoms with Crippen LogP contribution in [0.3, 0.4) is 0 Å². The Morgan fingerprint density at radius 3 is 2.68 bits per heavy atom.